The maximum absolute atomic E-state index is 12.9. The summed E-state index contributed by atoms with van der Waals surface area (Å²) >= 11 is 0. The monoisotopic (exact) mass is 378 g/mol. The quantitative estimate of drug-likeness (QED) is 0.496. The second kappa shape index (κ2) is 9.32. The predicted octanol–water partition coefficient (Wildman–Crippen LogP) is 4.18. The Hall–Kier alpha value is -3.67. The Morgan fingerprint density at radius 3 is 2.50 bits per heavy atom. The van der Waals surface area contributed by atoms with Crippen LogP contribution in [0.5, 0.6) is 11.5 Å². The van der Waals surface area contributed by atoms with Crippen molar-refractivity contribution in [1.82, 2.24) is 5.43 Å². The van der Waals surface area contributed by atoms with Gasteiger partial charge in [-0.25, -0.2) is 9.82 Å². The van der Waals surface area contributed by atoms with Crippen molar-refractivity contribution in [2.75, 3.05) is 7.11 Å². The number of methoxy groups -OCH3 is 1. The number of ether oxygens (including phenoxy) is 2. The molecule has 0 saturated carbocycles. The van der Waals surface area contributed by atoms with Crippen LogP contribution in [-0.4, -0.2) is 19.2 Å². The zero-order valence-corrected chi connectivity index (χ0v) is 15.3. The molecule has 142 valence electrons. The van der Waals surface area contributed by atoms with Crippen molar-refractivity contribution < 1.29 is 18.7 Å². The highest BCUT2D eigenvalue weighted by atomic mass is 19.1. The highest BCUT2D eigenvalue weighted by Crippen LogP contribution is 2.28. The Balaban J connectivity index is 1.65. The van der Waals surface area contributed by atoms with E-state index in [0.717, 1.165) is 11.1 Å². The molecule has 0 heterocycles. The third kappa shape index (κ3) is 5.17. The Bertz CT molecular complexity index is 957. The van der Waals surface area contributed by atoms with E-state index < -0.39 is 11.7 Å². The van der Waals surface area contributed by atoms with Gasteiger partial charge in [0.15, 0.2) is 11.5 Å². The van der Waals surface area contributed by atoms with Crippen molar-refractivity contribution >= 4 is 12.1 Å². The van der Waals surface area contributed by atoms with Gasteiger partial charge in [-0.3, -0.25) is 4.79 Å². The number of hydrazone groups is 1. The van der Waals surface area contributed by atoms with Crippen LogP contribution in [0.15, 0.2) is 77.9 Å². The van der Waals surface area contributed by atoms with Crippen LogP contribution in [0.4, 0.5) is 4.39 Å². The molecule has 3 rings (SSSR count). The fourth-order valence-corrected chi connectivity index (χ4v) is 2.45. The van der Waals surface area contributed by atoms with Crippen LogP contribution < -0.4 is 14.9 Å². The van der Waals surface area contributed by atoms with Gasteiger partial charge in [-0.15, -0.1) is 0 Å². The van der Waals surface area contributed by atoms with Gasteiger partial charge in [0.25, 0.3) is 5.91 Å². The molecule has 3 aromatic rings. The Kier molecular flexibility index (Phi) is 6.36. The van der Waals surface area contributed by atoms with Crippen molar-refractivity contribution in [3.8, 4) is 11.5 Å². The van der Waals surface area contributed by atoms with Crippen molar-refractivity contribution in [3.63, 3.8) is 0 Å². The normalized spacial score (nSPS) is 10.6. The van der Waals surface area contributed by atoms with Crippen LogP contribution in [-0.2, 0) is 6.61 Å². The fourth-order valence-electron chi connectivity index (χ4n) is 2.45. The lowest BCUT2D eigenvalue weighted by Crippen LogP contribution is -2.17. The number of carbonyl (C=O) groups is 1. The Morgan fingerprint density at radius 2 is 1.79 bits per heavy atom. The zero-order chi connectivity index (χ0) is 19.8. The average molecular weight is 378 g/mol. The van der Waals surface area contributed by atoms with Crippen LogP contribution in [0.25, 0.3) is 0 Å². The van der Waals surface area contributed by atoms with Crippen molar-refractivity contribution in [2.45, 2.75) is 6.61 Å². The van der Waals surface area contributed by atoms with Crippen LogP contribution in [0.2, 0.25) is 0 Å². The molecule has 0 unspecified atom stereocenters. The van der Waals surface area contributed by atoms with E-state index in [2.05, 4.69) is 10.5 Å². The molecule has 0 radical (unpaired) electrons. The second-order valence-electron chi connectivity index (χ2n) is 5.89. The first kappa shape index (κ1) is 19.1. The average Bonchev–Trinajstić information content (AvgIpc) is 2.73. The van der Waals surface area contributed by atoms with Gasteiger partial charge in [0.2, 0.25) is 0 Å². The highest BCUT2D eigenvalue weighted by Gasteiger charge is 2.07. The molecular formula is C22H19FN2O3. The minimum Gasteiger partial charge on any atom is -0.493 e. The summed E-state index contributed by atoms with van der Waals surface area (Å²) in [7, 11) is 1.57. The minimum atomic E-state index is -0.426. The van der Waals surface area contributed by atoms with E-state index in [1.54, 1.807) is 25.3 Å². The number of nitrogens with zero attached hydrogens (tertiary/aromatic N) is 1. The van der Waals surface area contributed by atoms with Crippen molar-refractivity contribution in [2.24, 2.45) is 5.10 Å². The molecular weight excluding hydrogens is 359 g/mol. The summed E-state index contributed by atoms with van der Waals surface area (Å²) in [5, 5.41) is 3.94. The summed E-state index contributed by atoms with van der Waals surface area (Å²) in [4.78, 5) is 12.0. The number of hydrogen-bond donors (Lipinski definition) is 1. The minimum absolute atomic E-state index is 0.320. The number of hydrogen-bond acceptors (Lipinski definition) is 4. The molecule has 1 N–H and O–H groups in total. The van der Waals surface area contributed by atoms with Crippen molar-refractivity contribution in [1.29, 1.82) is 0 Å². The number of halogens is 1. The molecule has 1 amide bonds. The molecule has 0 saturated heterocycles. The first-order valence-electron chi connectivity index (χ1n) is 8.59. The van der Waals surface area contributed by atoms with Gasteiger partial charge in [-0.05, 0) is 53.6 Å². The van der Waals surface area contributed by atoms with E-state index in [-0.39, 0.29) is 0 Å². The van der Waals surface area contributed by atoms with Gasteiger partial charge in [-0.1, -0.05) is 30.3 Å². The number of carbonyl (C=O) groups excluding carboxylic acids is 1. The Labute approximate surface area is 162 Å². The maximum Gasteiger partial charge on any atom is 0.271 e. The zero-order valence-electron chi connectivity index (χ0n) is 15.3. The lowest BCUT2D eigenvalue weighted by Gasteiger charge is -2.11. The SMILES string of the molecule is COc1ccc(/C=N/NC(=O)c2ccc(F)cc2)cc1OCc1ccccc1. The van der Waals surface area contributed by atoms with Crippen LogP contribution in [0.3, 0.4) is 0 Å². The van der Waals surface area contributed by atoms with E-state index in [9.17, 15) is 9.18 Å². The largest absolute Gasteiger partial charge is 0.493 e. The number of rotatable bonds is 7. The summed E-state index contributed by atoms with van der Waals surface area (Å²) < 4.78 is 24.1. The molecule has 0 aromatic heterocycles. The lowest BCUT2D eigenvalue weighted by atomic mass is 10.2. The third-order valence-corrected chi connectivity index (χ3v) is 3.91. The van der Waals surface area contributed by atoms with Crippen LogP contribution in [0, 0.1) is 5.82 Å². The fraction of sp³-hybridized carbons (Fsp3) is 0.0909. The first-order valence-corrected chi connectivity index (χ1v) is 8.59. The number of benzene rings is 3. The standard InChI is InChI=1S/C22H19FN2O3/c1-27-20-12-7-17(13-21(20)28-15-16-5-3-2-4-6-16)14-24-25-22(26)18-8-10-19(23)11-9-18/h2-14H,15H2,1H3,(H,25,26)/b24-14+. The smallest absolute Gasteiger partial charge is 0.271 e. The first-order chi connectivity index (χ1) is 13.7. The molecule has 0 fully saturated rings. The molecule has 0 aliphatic heterocycles. The molecule has 0 bridgehead atoms. The van der Waals surface area contributed by atoms with Gasteiger partial charge in [-0.2, -0.15) is 5.10 Å². The van der Waals surface area contributed by atoms with Gasteiger partial charge >= 0.3 is 0 Å². The van der Waals surface area contributed by atoms with Gasteiger partial charge < -0.3 is 9.47 Å². The highest BCUT2D eigenvalue weighted by molar-refractivity contribution is 5.94. The van der Waals surface area contributed by atoms with Crippen molar-refractivity contribution in [3.05, 3.63) is 95.3 Å². The van der Waals surface area contributed by atoms with Gasteiger partial charge in [0.05, 0.1) is 13.3 Å². The second-order valence-corrected chi connectivity index (χ2v) is 5.89. The maximum atomic E-state index is 12.9. The molecule has 3 aromatic carbocycles. The van der Waals surface area contributed by atoms with E-state index in [1.165, 1.54) is 30.5 Å². The van der Waals surface area contributed by atoms with Crippen LogP contribution >= 0.6 is 0 Å². The summed E-state index contributed by atoms with van der Waals surface area (Å²) in [6.07, 6.45) is 1.50. The van der Waals surface area contributed by atoms with E-state index >= 15 is 0 Å². The number of amides is 1. The molecule has 5 nitrogen and oxygen atoms in total. The van der Waals surface area contributed by atoms with E-state index in [4.69, 9.17) is 9.47 Å². The molecule has 0 spiro atoms. The van der Waals surface area contributed by atoms with Gasteiger partial charge in [0, 0.05) is 5.56 Å². The molecule has 0 atom stereocenters. The molecule has 0 aliphatic rings. The predicted molar refractivity (Wildman–Crippen MR) is 105 cm³/mol. The summed E-state index contributed by atoms with van der Waals surface area (Å²) in [5.41, 5.74) is 4.49. The lowest BCUT2D eigenvalue weighted by molar-refractivity contribution is 0.0955. The van der Waals surface area contributed by atoms with Crippen LogP contribution in [0.1, 0.15) is 21.5 Å². The number of nitrogens with one attached hydrogen (secondary N) is 1. The molecule has 0 aliphatic carbocycles. The Morgan fingerprint density at radius 1 is 1.04 bits per heavy atom. The summed E-state index contributed by atoms with van der Waals surface area (Å²) in [6.45, 7) is 0.402. The molecule has 6 heteroatoms. The molecule has 28 heavy (non-hydrogen) atoms. The topological polar surface area (TPSA) is 59.9 Å². The third-order valence-electron chi connectivity index (χ3n) is 3.91. The summed E-state index contributed by atoms with van der Waals surface area (Å²) in [6, 6.07) is 20.3. The van der Waals surface area contributed by atoms with Gasteiger partial charge in [0.1, 0.15) is 12.4 Å². The van der Waals surface area contributed by atoms with E-state index in [0.29, 0.717) is 23.7 Å². The van der Waals surface area contributed by atoms with E-state index in [1.807, 2.05) is 30.3 Å². The summed E-state index contributed by atoms with van der Waals surface area (Å²) in [5.74, 6) is 0.343.